The standard InChI is InChI=1S/C34H37Cl2FN4O4S/c1-20-25(16-33(42)41-13-5-7-23(41)18-40-12-4-6-22(37)17-40)21(2)38-32(20)15-27-26-14-24(10-11-31(26)39-34(27)43)46(44,45)19-28-29(35)8-3-9-30(28)36/h3,8-11,14-15,22-23,38H,4-7,12-13,16-19H2,1-2H3,(H,39,43)/b27-15-/t22?,23-/m0/s1. The summed E-state index contributed by atoms with van der Waals surface area (Å²) in [7, 11) is -3.85. The van der Waals surface area contributed by atoms with E-state index < -0.39 is 16.0 Å². The van der Waals surface area contributed by atoms with Crippen LogP contribution in [0.25, 0.3) is 11.6 Å². The summed E-state index contributed by atoms with van der Waals surface area (Å²) >= 11 is 12.5. The number of halogens is 3. The van der Waals surface area contributed by atoms with Crippen LogP contribution in [0.1, 0.15) is 59.3 Å². The first kappa shape index (κ1) is 32.7. The maximum atomic E-state index is 14.0. The number of aryl methyl sites for hydroxylation is 1. The number of benzene rings is 2. The molecule has 0 radical (unpaired) electrons. The summed E-state index contributed by atoms with van der Waals surface area (Å²) in [5.74, 6) is -0.696. The Labute approximate surface area is 278 Å². The molecule has 244 valence electrons. The zero-order chi connectivity index (χ0) is 32.7. The van der Waals surface area contributed by atoms with Crippen molar-refractivity contribution in [2.24, 2.45) is 0 Å². The minimum atomic E-state index is -3.85. The average molecular weight is 688 g/mol. The van der Waals surface area contributed by atoms with Crippen LogP contribution in [0.4, 0.5) is 10.1 Å². The number of amides is 2. The van der Waals surface area contributed by atoms with Crippen LogP contribution >= 0.6 is 23.2 Å². The van der Waals surface area contributed by atoms with Crippen molar-refractivity contribution in [2.45, 2.75) is 68.8 Å². The number of H-pyrrole nitrogens is 1. The second-order valence-electron chi connectivity index (χ2n) is 12.5. The number of carbonyl (C=O) groups excluding carboxylic acids is 2. The van der Waals surface area contributed by atoms with Crippen LogP contribution < -0.4 is 5.32 Å². The highest BCUT2D eigenvalue weighted by atomic mass is 35.5. The van der Waals surface area contributed by atoms with Crippen LogP contribution in [0.15, 0.2) is 41.3 Å². The maximum absolute atomic E-state index is 14.0. The molecule has 2 N–H and O–H groups in total. The zero-order valence-corrected chi connectivity index (χ0v) is 28.2. The third-order valence-corrected chi connectivity index (χ3v) is 11.7. The monoisotopic (exact) mass is 686 g/mol. The third kappa shape index (κ3) is 6.63. The number of hydrogen-bond donors (Lipinski definition) is 2. The lowest BCUT2D eigenvalue weighted by Gasteiger charge is -2.34. The van der Waals surface area contributed by atoms with E-state index in [1.165, 1.54) is 12.1 Å². The predicted molar refractivity (Wildman–Crippen MR) is 180 cm³/mol. The molecule has 3 aliphatic rings. The number of piperidine rings is 1. The number of hydrogen-bond acceptors (Lipinski definition) is 5. The van der Waals surface area contributed by atoms with Gasteiger partial charge in [0.2, 0.25) is 5.91 Å². The Kier molecular flexibility index (Phi) is 9.36. The van der Waals surface area contributed by atoms with Crippen LogP contribution in [0.3, 0.4) is 0 Å². The van der Waals surface area contributed by atoms with Crippen LogP contribution in [0.5, 0.6) is 0 Å². The Bertz CT molecular complexity index is 1820. The highest BCUT2D eigenvalue weighted by Crippen LogP contribution is 2.37. The zero-order valence-electron chi connectivity index (χ0n) is 25.8. The van der Waals surface area contributed by atoms with Gasteiger partial charge in [-0.1, -0.05) is 29.3 Å². The summed E-state index contributed by atoms with van der Waals surface area (Å²) in [5.41, 5.74) is 4.84. The van der Waals surface area contributed by atoms with Gasteiger partial charge >= 0.3 is 0 Å². The van der Waals surface area contributed by atoms with Crippen molar-refractivity contribution < 1.29 is 22.4 Å². The van der Waals surface area contributed by atoms with Gasteiger partial charge in [-0.05, 0) is 93.6 Å². The molecule has 1 aromatic heterocycles. The van der Waals surface area contributed by atoms with E-state index in [1.54, 1.807) is 30.3 Å². The molecular weight excluding hydrogens is 650 g/mol. The lowest BCUT2D eigenvalue weighted by molar-refractivity contribution is -0.131. The quantitative estimate of drug-likeness (QED) is 0.268. The van der Waals surface area contributed by atoms with E-state index in [0.29, 0.717) is 54.1 Å². The molecule has 3 aliphatic heterocycles. The lowest BCUT2D eigenvalue weighted by atomic mass is 10.0. The number of rotatable bonds is 8. The van der Waals surface area contributed by atoms with E-state index in [0.717, 1.165) is 42.6 Å². The molecule has 0 aliphatic carbocycles. The fourth-order valence-corrected chi connectivity index (χ4v) is 9.01. The molecule has 2 amide bonds. The highest BCUT2D eigenvalue weighted by molar-refractivity contribution is 7.90. The summed E-state index contributed by atoms with van der Waals surface area (Å²) in [6.45, 7) is 6.52. The lowest BCUT2D eigenvalue weighted by Crippen LogP contribution is -2.47. The number of carbonyl (C=O) groups is 2. The summed E-state index contributed by atoms with van der Waals surface area (Å²) in [6.07, 6.45) is 4.44. The first-order valence-corrected chi connectivity index (χ1v) is 18.0. The maximum Gasteiger partial charge on any atom is 0.256 e. The molecule has 0 saturated carbocycles. The van der Waals surface area contributed by atoms with Crippen LogP contribution in [0.2, 0.25) is 10.0 Å². The highest BCUT2D eigenvalue weighted by Gasteiger charge is 2.33. The largest absolute Gasteiger partial charge is 0.359 e. The van der Waals surface area contributed by atoms with Gasteiger partial charge in [0.1, 0.15) is 6.17 Å². The Morgan fingerprint density at radius 3 is 2.54 bits per heavy atom. The van der Waals surface area contributed by atoms with Crippen molar-refractivity contribution in [2.75, 3.05) is 31.5 Å². The summed E-state index contributed by atoms with van der Waals surface area (Å²) in [4.78, 5) is 34.1. The van der Waals surface area contributed by atoms with Crippen LogP contribution in [-0.4, -0.2) is 73.4 Å². The SMILES string of the molecule is Cc1[nH]c(/C=C2\C(=O)Nc3ccc(S(=O)(=O)Cc4c(Cl)cccc4Cl)cc32)c(C)c1CC(=O)N1CCC[C@H]1CN1CCCC(F)C1. The number of fused-ring (bicyclic) bond motifs is 1. The molecule has 3 aromatic rings. The molecule has 0 bridgehead atoms. The summed E-state index contributed by atoms with van der Waals surface area (Å²) in [5, 5.41) is 3.34. The van der Waals surface area contributed by atoms with Crippen molar-refractivity contribution in [1.82, 2.24) is 14.8 Å². The van der Waals surface area contributed by atoms with Gasteiger partial charge in [-0.2, -0.15) is 0 Å². The minimum Gasteiger partial charge on any atom is -0.359 e. The van der Waals surface area contributed by atoms with E-state index >= 15 is 0 Å². The number of sulfone groups is 1. The van der Waals surface area contributed by atoms with Crippen molar-refractivity contribution in [3.63, 3.8) is 0 Å². The van der Waals surface area contributed by atoms with Gasteiger partial charge in [0.15, 0.2) is 9.84 Å². The normalized spacial score (nSPS) is 21.2. The number of aromatic amines is 1. The Balaban J connectivity index is 1.22. The molecule has 2 atom stereocenters. The first-order chi connectivity index (χ1) is 21.9. The van der Waals surface area contributed by atoms with E-state index in [-0.39, 0.29) is 45.0 Å². The fraction of sp³-hybridized carbons (Fsp3) is 0.412. The van der Waals surface area contributed by atoms with Crippen molar-refractivity contribution in [1.29, 1.82) is 0 Å². The van der Waals surface area contributed by atoms with Crippen molar-refractivity contribution >= 4 is 62.2 Å². The number of anilines is 1. The Morgan fingerprint density at radius 2 is 1.80 bits per heavy atom. The van der Waals surface area contributed by atoms with E-state index in [2.05, 4.69) is 15.2 Å². The predicted octanol–water partition coefficient (Wildman–Crippen LogP) is 6.37. The van der Waals surface area contributed by atoms with Gasteiger partial charge in [-0.15, -0.1) is 0 Å². The first-order valence-electron chi connectivity index (χ1n) is 15.6. The second-order valence-corrected chi connectivity index (χ2v) is 15.3. The molecule has 4 heterocycles. The number of nitrogens with one attached hydrogen (secondary N) is 2. The molecule has 1 unspecified atom stereocenters. The number of likely N-dealkylation sites (tertiary alicyclic amines) is 2. The second kappa shape index (κ2) is 13.1. The van der Waals surface area contributed by atoms with Gasteiger partial charge in [-0.3, -0.25) is 14.5 Å². The number of nitrogens with zero attached hydrogens (tertiary/aromatic N) is 2. The Morgan fingerprint density at radius 1 is 1.07 bits per heavy atom. The molecule has 2 saturated heterocycles. The van der Waals surface area contributed by atoms with Gasteiger partial charge in [0.05, 0.1) is 22.6 Å². The van der Waals surface area contributed by atoms with Crippen LogP contribution in [0, 0.1) is 13.8 Å². The molecule has 0 spiro atoms. The molecule has 8 nitrogen and oxygen atoms in total. The van der Waals surface area contributed by atoms with Gasteiger partial charge in [0.25, 0.3) is 5.91 Å². The average Bonchev–Trinajstić information content (AvgIpc) is 3.67. The summed E-state index contributed by atoms with van der Waals surface area (Å²) < 4.78 is 40.8. The molecule has 2 fully saturated rings. The van der Waals surface area contributed by atoms with Crippen LogP contribution in [-0.2, 0) is 31.6 Å². The van der Waals surface area contributed by atoms with E-state index in [1.807, 2.05) is 18.7 Å². The van der Waals surface area contributed by atoms with Gasteiger partial charge in [0, 0.05) is 63.9 Å². The molecule has 6 rings (SSSR count). The summed E-state index contributed by atoms with van der Waals surface area (Å²) in [6, 6.07) is 9.45. The molecule has 2 aromatic carbocycles. The van der Waals surface area contributed by atoms with Crippen molar-refractivity contribution in [3.05, 3.63) is 80.1 Å². The number of alkyl halides is 1. The van der Waals surface area contributed by atoms with Gasteiger partial charge < -0.3 is 15.2 Å². The fourth-order valence-electron chi connectivity index (χ4n) is 6.89. The third-order valence-electron chi connectivity index (χ3n) is 9.39. The Hall–Kier alpha value is -3.18. The van der Waals surface area contributed by atoms with Crippen molar-refractivity contribution in [3.8, 4) is 0 Å². The van der Waals surface area contributed by atoms with Gasteiger partial charge in [-0.25, -0.2) is 12.8 Å². The smallest absolute Gasteiger partial charge is 0.256 e. The topological polar surface area (TPSA) is 103 Å². The molecular formula is C34H37Cl2FN4O4S. The molecule has 46 heavy (non-hydrogen) atoms. The van der Waals surface area contributed by atoms with E-state index in [4.69, 9.17) is 23.2 Å². The minimum absolute atomic E-state index is 0.0399. The van der Waals surface area contributed by atoms with E-state index in [9.17, 15) is 22.4 Å². The number of aromatic nitrogens is 1. The molecule has 12 heteroatoms.